The third-order valence-corrected chi connectivity index (χ3v) is 9.64. The van der Waals surface area contributed by atoms with Crippen LogP contribution in [0, 0.1) is 5.92 Å². The van der Waals surface area contributed by atoms with Crippen LogP contribution in [0.2, 0.25) is 0 Å². The number of fused-ring (bicyclic) bond motifs is 1. The lowest BCUT2D eigenvalue weighted by Crippen LogP contribution is -2.53. The fraction of sp³-hybridized carbons (Fsp3) is 0.483. The Bertz CT molecular complexity index is 1440. The van der Waals surface area contributed by atoms with E-state index >= 15 is 0 Å². The minimum absolute atomic E-state index is 0.0506. The van der Waals surface area contributed by atoms with E-state index < -0.39 is 57.4 Å². The number of pyridine rings is 1. The van der Waals surface area contributed by atoms with Gasteiger partial charge in [-0.3, -0.25) is 24.2 Å². The molecular weight excluding hydrogens is 562 g/mol. The Morgan fingerprint density at radius 3 is 2.40 bits per heavy atom. The van der Waals surface area contributed by atoms with E-state index in [4.69, 9.17) is 4.74 Å². The Labute approximate surface area is 245 Å². The van der Waals surface area contributed by atoms with Crippen LogP contribution in [-0.2, 0) is 24.3 Å². The zero-order valence-corrected chi connectivity index (χ0v) is 24.5. The minimum atomic E-state index is -4.52. The van der Waals surface area contributed by atoms with Gasteiger partial charge in [-0.2, -0.15) is 4.31 Å². The van der Waals surface area contributed by atoms with Crippen LogP contribution in [0.15, 0.2) is 48.8 Å². The van der Waals surface area contributed by atoms with E-state index in [0.717, 1.165) is 29.3 Å². The Kier molecular flexibility index (Phi) is 8.71. The molecule has 42 heavy (non-hydrogen) atoms. The van der Waals surface area contributed by atoms with Crippen LogP contribution >= 0.6 is 0 Å². The monoisotopic (exact) mass is 597 g/mol. The van der Waals surface area contributed by atoms with Gasteiger partial charge in [0.2, 0.25) is 5.91 Å². The SMILES string of the molecule is CC(C)CC(NC(=O)c1ccc(N2CCOCC2)cc1)C(=O)N1CCC2C1C(=O)CN2S(=O)(=O)C(=O)c1cccnc1. The van der Waals surface area contributed by atoms with Crippen molar-refractivity contribution >= 4 is 38.4 Å². The number of amides is 2. The van der Waals surface area contributed by atoms with Gasteiger partial charge in [0.15, 0.2) is 5.78 Å². The number of hydrogen-bond acceptors (Lipinski definition) is 9. The summed E-state index contributed by atoms with van der Waals surface area (Å²) < 4.78 is 32.8. The third kappa shape index (κ3) is 5.94. The molecule has 13 heteroatoms. The van der Waals surface area contributed by atoms with Gasteiger partial charge in [-0.05, 0) is 55.2 Å². The van der Waals surface area contributed by atoms with Gasteiger partial charge in [0.1, 0.15) is 12.1 Å². The van der Waals surface area contributed by atoms with Crippen molar-refractivity contribution in [2.45, 2.75) is 44.8 Å². The molecule has 1 aromatic heterocycles. The molecule has 2 aromatic rings. The summed E-state index contributed by atoms with van der Waals surface area (Å²) >= 11 is 0. The van der Waals surface area contributed by atoms with Gasteiger partial charge in [-0.1, -0.05) is 13.8 Å². The molecule has 3 aliphatic rings. The number of anilines is 1. The van der Waals surface area contributed by atoms with Gasteiger partial charge < -0.3 is 19.9 Å². The molecule has 4 heterocycles. The third-order valence-electron chi connectivity index (χ3n) is 7.92. The van der Waals surface area contributed by atoms with E-state index in [2.05, 4.69) is 15.2 Å². The first-order chi connectivity index (χ1) is 20.1. The van der Waals surface area contributed by atoms with Crippen LogP contribution < -0.4 is 10.2 Å². The maximum Gasteiger partial charge on any atom is 0.293 e. The summed E-state index contributed by atoms with van der Waals surface area (Å²) in [5.41, 5.74) is 1.28. The Morgan fingerprint density at radius 1 is 1.05 bits per heavy atom. The van der Waals surface area contributed by atoms with Gasteiger partial charge >= 0.3 is 0 Å². The summed E-state index contributed by atoms with van der Waals surface area (Å²) in [6, 6.07) is 7.18. The number of benzene rings is 1. The van der Waals surface area contributed by atoms with Crippen molar-refractivity contribution in [2.24, 2.45) is 5.92 Å². The normalized spacial score (nSPS) is 21.8. The highest BCUT2D eigenvalue weighted by Crippen LogP contribution is 2.33. The molecule has 0 aliphatic carbocycles. The van der Waals surface area contributed by atoms with Gasteiger partial charge in [0, 0.05) is 43.3 Å². The maximum atomic E-state index is 13.8. The van der Waals surface area contributed by atoms with Crippen LogP contribution in [0.1, 0.15) is 47.4 Å². The van der Waals surface area contributed by atoms with Gasteiger partial charge in [0.05, 0.1) is 31.4 Å². The molecule has 1 aromatic carbocycles. The van der Waals surface area contributed by atoms with E-state index in [-0.39, 0.29) is 24.4 Å². The Morgan fingerprint density at radius 2 is 1.76 bits per heavy atom. The molecule has 12 nitrogen and oxygen atoms in total. The van der Waals surface area contributed by atoms with Crippen molar-refractivity contribution in [3.63, 3.8) is 0 Å². The quantitative estimate of drug-likeness (QED) is 0.472. The van der Waals surface area contributed by atoms with E-state index in [0.29, 0.717) is 25.2 Å². The zero-order valence-electron chi connectivity index (χ0n) is 23.6. The molecule has 0 radical (unpaired) electrons. The summed E-state index contributed by atoms with van der Waals surface area (Å²) in [7, 11) is -4.52. The van der Waals surface area contributed by atoms with Crippen molar-refractivity contribution < 1.29 is 32.3 Å². The van der Waals surface area contributed by atoms with Gasteiger partial charge in [0.25, 0.3) is 21.0 Å². The van der Waals surface area contributed by atoms with Crippen LogP contribution in [-0.4, -0.2) is 103 Å². The number of carbonyl (C=O) groups is 4. The summed E-state index contributed by atoms with van der Waals surface area (Å²) in [5, 5.41) is 1.71. The fourth-order valence-electron chi connectivity index (χ4n) is 5.86. The highest BCUT2D eigenvalue weighted by atomic mass is 32.2. The number of nitrogens with one attached hydrogen (secondary N) is 1. The summed E-state index contributed by atoms with van der Waals surface area (Å²) in [5.74, 6) is -1.26. The second-order valence-corrected chi connectivity index (χ2v) is 13.0. The molecular formula is C29H35N5O7S. The number of sulfonamides is 1. The highest BCUT2D eigenvalue weighted by Gasteiger charge is 2.55. The number of morpholine rings is 1. The fourth-order valence-corrected chi connectivity index (χ4v) is 7.37. The van der Waals surface area contributed by atoms with E-state index in [9.17, 15) is 27.6 Å². The predicted molar refractivity (Wildman–Crippen MR) is 153 cm³/mol. The summed E-state index contributed by atoms with van der Waals surface area (Å²) in [6.45, 7) is 6.31. The van der Waals surface area contributed by atoms with Crippen LogP contribution in [0.25, 0.3) is 0 Å². The van der Waals surface area contributed by atoms with Crippen LogP contribution in [0.5, 0.6) is 0 Å². The first-order valence-corrected chi connectivity index (χ1v) is 15.5. The summed E-state index contributed by atoms with van der Waals surface area (Å²) in [6.07, 6.45) is 3.12. The number of hydrogen-bond donors (Lipinski definition) is 1. The van der Waals surface area contributed by atoms with Crippen LogP contribution in [0.3, 0.4) is 0 Å². The maximum absolute atomic E-state index is 13.8. The molecule has 1 N–H and O–H groups in total. The van der Waals surface area contributed by atoms with Crippen molar-refractivity contribution in [3.05, 3.63) is 59.9 Å². The number of ketones is 1. The Balaban J connectivity index is 1.30. The highest BCUT2D eigenvalue weighted by molar-refractivity contribution is 8.04. The Hall–Kier alpha value is -3.68. The molecule has 3 unspecified atom stereocenters. The zero-order chi connectivity index (χ0) is 30.0. The predicted octanol–water partition coefficient (Wildman–Crippen LogP) is 1.09. The van der Waals surface area contributed by atoms with Gasteiger partial charge in [-0.25, -0.2) is 8.42 Å². The number of rotatable bonds is 8. The van der Waals surface area contributed by atoms with E-state index in [1.54, 1.807) is 12.1 Å². The molecule has 224 valence electrons. The van der Waals surface area contributed by atoms with E-state index in [1.165, 1.54) is 23.2 Å². The molecule has 0 saturated carbocycles. The first-order valence-electron chi connectivity index (χ1n) is 14.1. The number of likely N-dealkylation sites (tertiary alicyclic amines) is 1. The molecule has 3 aliphatic heterocycles. The lowest BCUT2D eigenvalue weighted by Gasteiger charge is -2.29. The molecule has 0 bridgehead atoms. The second-order valence-electron chi connectivity index (χ2n) is 11.2. The average Bonchev–Trinajstić information content (AvgIpc) is 3.58. The first kappa shape index (κ1) is 29.8. The molecule has 3 atom stereocenters. The number of ether oxygens (including phenoxy) is 1. The van der Waals surface area contributed by atoms with E-state index in [1.807, 2.05) is 26.0 Å². The molecule has 0 spiro atoms. The number of nitrogens with zero attached hydrogens (tertiary/aromatic N) is 4. The van der Waals surface area contributed by atoms with Crippen molar-refractivity contribution in [1.29, 1.82) is 0 Å². The average molecular weight is 598 g/mol. The number of carbonyl (C=O) groups excluding carboxylic acids is 4. The minimum Gasteiger partial charge on any atom is -0.378 e. The second kappa shape index (κ2) is 12.3. The topological polar surface area (TPSA) is 146 Å². The van der Waals surface area contributed by atoms with Gasteiger partial charge in [-0.15, -0.1) is 0 Å². The van der Waals surface area contributed by atoms with Crippen LogP contribution in [0.4, 0.5) is 5.69 Å². The molecule has 5 rings (SSSR count). The lowest BCUT2D eigenvalue weighted by molar-refractivity contribution is -0.138. The van der Waals surface area contributed by atoms with Crippen molar-refractivity contribution in [1.82, 2.24) is 19.5 Å². The molecule has 3 fully saturated rings. The summed E-state index contributed by atoms with van der Waals surface area (Å²) in [4.78, 5) is 60.3. The number of Topliss-reactive ketones (excluding diaryl/α,β-unsaturated/α-hetero) is 1. The molecule has 2 amide bonds. The standard InChI is InChI=1S/C29H35N5O7S/c1-19(2)16-23(31-27(36)20-5-7-22(8-6-20)32-12-14-41-15-13-32)28(37)33-11-9-24-26(33)25(35)18-34(24)42(39,40)29(38)21-4-3-10-30-17-21/h3-8,10,17,19,23-24,26H,9,11-16,18H2,1-2H3,(H,31,36). The van der Waals surface area contributed by atoms with Crippen molar-refractivity contribution in [2.75, 3.05) is 44.3 Å². The lowest BCUT2D eigenvalue weighted by atomic mass is 10.0. The largest absolute Gasteiger partial charge is 0.378 e. The number of aromatic nitrogens is 1. The molecule has 3 saturated heterocycles. The smallest absolute Gasteiger partial charge is 0.293 e. The van der Waals surface area contributed by atoms with Crippen molar-refractivity contribution in [3.8, 4) is 0 Å².